The molecule has 0 aromatic rings. The molecule has 0 saturated heterocycles. The summed E-state index contributed by atoms with van der Waals surface area (Å²) in [6, 6.07) is 0. The molecule has 0 aromatic heterocycles. The second-order valence-corrected chi connectivity index (χ2v) is 2.86. The lowest BCUT2D eigenvalue weighted by molar-refractivity contribution is -0.117. The summed E-state index contributed by atoms with van der Waals surface area (Å²) in [6.45, 7) is 5.54. The number of rotatable bonds is 2. The third-order valence-electron chi connectivity index (χ3n) is 1.05. The average molecular weight is 132 g/mol. The van der Waals surface area contributed by atoms with Crippen molar-refractivity contribution in [1.29, 1.82) is 0 Å². The molecule has 0 aliphatic rings. The molecule has 2 heteroatoms. The quantitative estimate of drug-likeness (QED) is 0.564. The van der Waals surface area contributed by atoms with E-state index in [0.29, 0.717) is 5.92 Å². The van der Waals surface area contributed by atoms with Gasteiger partial charge in [0.25, 0.3) is 0 Å². The highest BCUT2D eigenvalue weighted by atomic mass is 32.1. The van der Waals surface area contributed by atoms with Crippen LogP contribution in [0.15, 0.2) is 0 Å². The van der Waals surface area contributed by atoms with E-state index >= 15 is 0 Å². The highest BCUT2D eigenvalue weighted by Crippen LogP contribution is 2.08. The Morgan fingerprint density at radius 1 is 1.50 bits per heavy atom. The molecule has 0 heterocycles. The van der Waals surface area contributed by atoms with Crippen LogP contribution in [0, 0.1) is 5.92 Å². The second-order valence-electron chi connectivity index (χ2n) is 2.30. The van der Waals surface area contributed by atoms with Gasteiger partial charge >= 0.3 is 0 Å². The number of carbonyl (C=O) groups is 1. The van der Waals surface area contributed by atoms with Crippen molar-refractivity contribution in [2.75, 3.05) is 0 Å². The summed E-state index contributed by atoms with van der Waals surface area (Å²) in [7, 11) is 0. The molecule has 1 unspecified atom stereocenters. The molecule has 0 radical (unpaired) electrons. The van der Waals surface area contributed by atoms with E-state index in [0.717, 1.165) is 0 Å². The van der Waals surface area contributed by atoms with E-state index in [1.807, 2.05) is 13.8 Å². The molecule has 48 valence electrons. The van der Waals surface area contributed by atoms with Crippen molar-refractivity contribution in [2.45, 2.75) is 26.0 Å². The van der Waals surface area contributed by atoms with Crippen LogP contribution in [-0.2, 0) is 4.79 Å². The largest absolute Gasteiger partial charge is 0.299 e. The van der Waals surface area contributed by atoms with Gasteiger partial charge in [-0.25, -0.2) is 0 Å². The molecule has 0 aliphatic carbocycles. The molecule has 0 aliphatic heterocycles. The van der Waals surface area contributed by atoms with Crippen LogP contribution in [-0.4, -0.2) is 11.0 Å². The molecule has 0 bridgehead atoms. The minimum atomic E-state index is -0.0741. The molecule has 0 aromatic carbocycles. The summed E-state index contributed by atoms with van der Waals surface area (Å²) >= 11 is 4.07. The standard InChI is InChI=1S/C6H12OS/c1-4(2)6(8)5(3)7/h4,6,8H,1-3H3. The lowest BCUT2D eigenvalue weighted by Gasteiger charge is -2.08. The predicted octanol–water partition coefficient (Wildman–Crippen LogP) is 1.53. The fourth-order valence-electron chi connectivity index (χ4n) is 0.469. The zero-order valence-electron chi connectivity index (χ0n) is 5.51. The van der Waals surface area contributed by atoms with Crippen molar-refractivity contribution >= 4 is 18.4 Å². The molecular formula is C6H12OS. The Hall–Kier alpha value is 0.0200. The van der Waals surface area contributed by atoms with Crippen LogP contribution in [0.1, 0.15) is 20.8 Å². The lowest BCUT2D eigenvalue weighted by atomic mass is 10.1. The highest BCUT2D eigenvalue weighted by Gasteiger charge is 2.11. The van der Waals surface area contributed by atoms with Gasteiger partial charge in [-0.3, -0.25) is 4.79 Å². The molecule has 0 spiro atoms. The monoisotopic (exact) mass is 132 g/mol. The Morgan fingerprint density at radius 3 is 1.88 bits per heavy atom. The van der Waals surface area contributed by atoms with E-state index < -0.39 is 0 Å². The molecule has 0 amide bonds. The lowest BCUT2D eigenvalue weighted by Crippen LogP contribution is -2.16. The van der Waals surface area contributed by atoms with E-state index in [4.69, 9.17) is 0 Å². The predicted molar refractivity (Wildman–Crippen MR) is 38.3 cm³/mol. The summed E-state index contributed by atoms with van der Waals surface area (Å²) in [6.07, 6.45) is 0. The number of ketones is 1. The zero-order valence-corrected chi connectivity index (χ0v) is 6.40. The van der Waals surface area contributed by atoms with E-state index in [2.05, 4.69) is 12.6 Å². The number of hydrogen-bond donors (Lipinski definition) is 1. The third-order valence-corrected chi connectivity index (χ3v) is 2.01. The zero-order chi connectivity index (χ0) is 6.73. The number of carbonyl (C=O) groups excluding carboxylic acids is 1. The Balaban J connectivity index is 3.64. The van der Waals surface area contributed by atoms with Gasteiger partial charge in [-0.05, 0) is 12.8 Å². The van der Waals surface area contributed by atoms with Gasteiger partial charge in [-0.2, -0.15) is 12.6 Å². The Bertz CT molecular complexity index is 88.5. The molecular weight excluding hydrogens is 120 g/mol. The van der Waals surface area contributed by atoms with Gasteiger partial charge in [0.05, 0.1) is 5.25 Å². The van der Waals surface area contributed by atoms with Crippen molar-refractivity contribution in [3.63, 3.8) is 0 Å². The highest BCUT2D eigenvalue weighted by molar-refractivity contribution is 7.81. The van der Waals surface area contributed by atoms with E-state index in [1.165, 1.54) is 0 Å². The smallest absolute Gasteiger partial charge is 0.142 e. The second kappa shape index (κ2) is 3.13. The van der Waals surface area contributed by atoms with Gasteiger partial charge in [-0.15, -0.1) is 0 Å². The first-order valence-electron chi connectivity index (χ1n) is 2.74. The summed E-state index contributed by atoms with van der Waals surface area (Å²) < 4.78 is 0. The maximum absolute atomic E-state index is 10.5. The Labute approximate surface area is 55.9 Å². The maximum atomic E-state index is 10.5. The van der Waals surface area contributed by atoms with Crippen LogP contribution in [0.2, 0.25) is 0 Å². The minimum absolute atomic E-state index is 0.0741. The van der Waals surface area contributed by atoms with Gasteiger partial charge < -0.3 is 0 Å². The number of hydrogen-bond acceptors (Lipinski definition) is 2. The first kappa shape index (κ1) is 8.02. The van der Waals surface area contributed by atoms with Crippen LogP contribution in [0.4, 0.5) is 0 Å². The number of thiol groups is 1. The minimum Gasteiger partial charge on any atom is -0.299 e. The van der Waals surface area contributed by atoms with Crippen molar-refractivity contribution in [3.05, 3.63) is 0 Å². The summed E-state index contributed by atoms with van der Waals surface area (Å²) in [4.78, 5) is 10.5. The molecule has 0 saturated carbocycles. The van der Waals surface area contributed by atoms with Crippen molar-refractivity contribution in [3.8, 4) is 0 Å². The topological polar surface area (TPSA) is 17.1 Å². The van der Waals surface area contributed by atoms with E-state index in [1.54, 1.807) is 6.92 Å². The fourth-order valence-corrected chi connectivity index (χ4v) is 0.469. The SMILES string of the molecule is CC(=O)C(S)C(C)C. The summed E-state index contributed by atoms with van der Waals surface area (Å²) in [5.41, 5.74) is 0. The van der Waals surface area contributed by atoms with Gasteiger partial charge in [0.1, 0.15) is 5.78 Å². The van der Waals surface area contributed by atoms with Crippen molar-refractivity contribution in [2.24, 2.45) is 5.92 Å². The molecule has 8 heavy (non-hydrogen) atoms. The maximum Gasteiger partial charge on any atom is 0.142 e. The number of Topliss-reactive ketones (excluding diaryl/α,β-unsaturated/α-hetero) is 1. The van der Waals surface area contributed by atoms with Crippen molar-refractivity contribution in [1.82, 2.24) is 0 Å². The van der Waals surface area contributed by atoms with Crippen LogP contribution >= 0.6 is 12.6 Å². The van der Waals surface area contributed by atoms with E-state index in [9.17, 15) is 4.79 Å². The van der Waals surface area contributed by atoms with E-state index in [-0.39, 0.29) is 11.0 Å². The molecule has 0 N–H and O–H groups in total. The average Bonchev–Trinajstić information content (AvgIpc) is 1.64. The Kier molecular flexibility index (Phi) is 3.13. The van der Waals surface area contributed by atoms with Gasteiger partial charge in [0.15, 0.2) is 0 Å². The van der Waals surface area contributed by atoms with Crippen LogP contribution in [0.3, 0.4) is 0 Å². The van der Waals surface area contributed by atoms with Gasteiger partial charge in [0, 0.05) is 0 Å². The molecule has 0 rings (SSSR count). The molecule has 0 fully saturated rings. The fraction of sp³-hybridized carbons (Fsp3) is 0.833. The van der Waals surface area contributed by atoms with Crippen LogP contribution < -0.4 is 0 Å². The van der Waals surface area contributed by atoms with Crippen LogP contribution in [0.5, 0.6) is 0 Å². The summed E-state index contributed by atoms with van der Waals surface area (Å²) in [5.74, 6) is 0.513. The first-order chi connectivity index (χ1) is 3.55. The molecule has 1 atom stereocenters. The van der Waals surface area contributed by atoms with Crippen molar-refractivity contribution < 1.29 is 4.79 Å². The Morgan fingerprint density at radius 2 is 1.88 bits per heavy atom. The normalized spacial score (nSPS) is 14.1. The van der Waals surface area contributed by atoms with Crippen LogP contribution in [0.25, 0.3) is 0 Å². The summed E-state index contributed by atoms with van der Waals surface area (Å²) in [5, 5.41) is -0.0741. The van der Waals surface area contributed by atoms with Gasteiger partial charge in [-0.1, -0.05) is 13.8 Å². The third kappa shape index (κ3) is 2.36. The first-order valence-corrected chi connectivity index (χ1v) is 3.26. The van der Waals surface area contributed by atoms with Gasteiger partial charge in [0.2, 0.25) is 0 Å². The molecule has 1 nitrogen and oxygen atoms in total.